The molecule has 1 amide bonds. The highest BCUT2D eigenvalue weighted by Gasteiger charge is 2.69. The third kappa shape index (κ3) is 4.82. The van der Waals surface area contributed by atoms with E-state index in [2.05, 4.69) is 59.7 Å². The third-order valence-corrected chi connectivity index (χ3v) is 15.8. The van der Waals surface area contributed by atoms with Crippen molar-refractivity contribution >= 4 is 51.9 Å². The number of ether oxygens (including phenoxy) is 1. The molecule has 6 rings (SSSR count). The molecule has 9 heteroatoms. The maximum atomic E-state index is 13.5. The molecule has 0 radical (unpaired) electrons. The van der Waals surface area contributed by atoms with Crippen LogP contribution in [0.5, 0.6) is 0 Å². The SMILES string of the molecule is COC(=O)[C@]12CCC(C)(C)C[C@@H]1C1=CC[C@@H]3[C@@]4(C)CC/C(=N/OC(=O)CN5C(=O)CSC5=S)C(C)(C)[C@H]4CC[C@@]3(C)[C@]1(C)CC2. The molecule has 1 heterocycles. The molecule has 4 saturated carbocycles. The quantitative estimate of drug-likeness (QED) is 0.101. The summed E-state index contributed by atoms with van der Waals surface area (Å²) >= 11 is 6.49. The first-order chi connectivity index (χ1) is 20.9. The molecule has 45 heavy (non-hydrogen) atoms. The number of carbonyl (C=O) groups is 3. The normalized spacial score (nSPS) is 42.6. The average Bonchev–Trinajstić information content (AvgIpc) is 3.28. The summed E-state index contributed by atoms with van der Waals surface area (Å²) in [6.07, 6.45) is 12.6. The first kappa shape index (κ1) is 33.2. The number of carbonyl (C=O) groups excluding carboxylic acids is 3. The molecular formula is C36H52N2O5S2. The van der Waals surface area contributed by atoms with Crippen molar-refractivity contribution in [3.05, 3.63) is 11.6 Å². The van der Waals surface area contributed by atoms with Crippen molar-refractivity contribution in [1.29, 1.82) is 0 Å². The number of hydrogen-bond donors (Lipinski definition) is 0. The number of rotatable bonds is 4. The topological polar surface area (TPSA) is 85.3 Å². The van der Waals surface area contributed by atoms with Crippen LogP contribution in [0.4, 0.5) is 0 Å². The van der Waals surface area contributed by atoms with Gasteiger partial charge in [-0.2, -0.15) is 0 Å². The van der Waals surface area contributed by atoms with Crippen LogP contribution in [0, 0.1) is 50.2 Å². The van der Waals surface area contributed by atoms with Gasteiger partial charge in [0.1, 0.15) is 10.9 Å². The standard InChI is InChI=1S/C36H52N2O5S2/c1-31(2)15-17-36(29(41)42-8)18-16-34(6)22(23(36)19-31)9-10-25-33(5)13-12-26(32(3,4)24(33)11-14-35(25,34)7)37-43-28(40)20-38-27(39)21-45-30(38)44/h9,23-25H,10-21H2,1-8H3/b37-26-/t23-,24-,25-,33+,34-,35-,36+/m1/s1. The van der Waals surface area contributed by atoms with E-state index >= 15 is 0 Å². The molecule has 6 aliphatic rings. The van der Waals surface area contributed by atoms with E-state index in [1.165, 1.54) is 16.7 Å². The zero-order valence-electron chi connectivity index (χ0n) is 28.5. The Hall–Kier alpha value is -1.74. The Morgan fingerprint density at radius 3 is 2.40 bits per heavy atom. The first-order valence-corrected chi connectivity index (χ1v) is 18.4. The molecule has 7 atom stereocenters. The predicted octanol–water partition coefficient (Wildman–Crippen LogP) is 7.72. The second-order valence-corrected chi connectivity index (χ2v) is 18.7. The summed E-state index contributed by atoms with van der Waals surface area (Å²) in [5.74, 6) is 0.735. The number of oxime groups is 1. The van der Waals surface area contributed by atoms with Crippen LogP contribution >= 0.6 is 24.0 Å². The molecule has 0 aromatic carbocycles. The predicted molar refractivity (Wildman–Crippen MR) is 181 cm³/mol. The highest BCUT2D eigenvalue weighted by molar-refractivity contribution is 8.23. The number of allylic oxidation sites excluding steroid dienone is 2. The minimum atomic E-state index is -0.551. The van der Waals surface area contributed by atoms with Crippen molar-refractivity contribution in [2.45, 2.75) is 113 Å². The number of thiocarbonyl (C=S) groups is 1. The van der Waals surface area contributed by atoms with Crippen LogP contribution in [-0.4, -0.2) is 52.2 Å². The summed E-state index contributed by atoms with van der Waals surface area (Å²) in [4.78, 5) is 45.0. The number of thioether (sulfide) groups is 1. The Morgan fingerprint density at radius 1 is 1.02 bits per heavy atom. The fourth-order valence-electron chi connectivity index (χ4n) is 11.6. The summed E-state index contributed by atoms with van der Waals surface area (Å²) in [5.41, 5.74) is 2.36. The Bertz CT molecular complexity index is 1370. The molecule has 5 fully saturated rings. The fourth-order valence-corrected chi connectivity index (χ4v) is 12.7. The van der Waals surface area contributed by atoms with E-state index in [0.717, 1.165) is 69.9 Å². The highest BCUT2D eigenvalue weighted by atomic mass is 32.2. The van der Waals surface area contributed by atoms with Crippen LogP contribution in [0.25, 0.3) is 0 Å². The zero-order chi connectivity index (χ0) is 32.8. The van der Waals surface area contributed by atoms with Gasteiger partial charge in [0.15, 0.2) is 0 Å². The van der Waals surface area contributed by atoms with Gasteiger partial charge in [0.2, 0.25) is 5.91 Å². The van der Waals surface area contributed by atoms with Crippen LogP contribution in [0.15, 0.2) is 16.8 Å². The fraction of sp³-hybridized carbons (Fsp3) is 0.806. The summed E-state index contributed by atoms with van der Waals surface area (Å²) < 4.78 is 5.95. The van der Waals surface area contributed by atoms with E-state index in [4.69, 9.17) is 21.8 Å². The minimum Gasteiger partial charge on any atom is -0.469 e. The van der Waals surface area contributed by atoms with E-state index in [1.54, 1.807) is 12.7 Å². The summed E-state index contributed by atoms with van der Waals surface area (Å²) in [6, 6.07) is 0. The molecule has 1 saturated heterocycles. The molecule has 0 unspecified atom stereocenters. The Morgan fingerprint density at radius 2 is 1.73 bits per heavy atom. The summed E-state index contributed by atoms with van der Waals surface area (Å²) in [6.45, 7) is 16.8. The maximum Gasteiger partial charge on any atom is 0.354 e. The summed E-state index contributed by atoms with van der Waals surface area (Å²) in [5, 5.41) is 4.47. The van der Waals surface area contributed by atoms with Crippen LogP contribution in [0.2, 0.25) is 0 Å². The minimum absolute atomic E-state index is 0.00377. The average molecular weight is 657 g/mol. The molecule has 0 aromatic heterocycles. The van der Waals surface area contributed by atoms with Crippen molar-refractivity contribution in [2.75, 3.05) is 19.4 Å². The van der Waals surface area contributed by atoms with Gasteiger partial charge in [0.05, 0.1) is 24.0 Å². The largest absolute Gasteiger partial charge is 0.469 e. The number of fused-ring (bicyclic) bond motifs is 7. The van der Waals surface area contributed by atoms with Crippen molar-refractivity contribution in [3.63, 3.8) is 0 Å². The van der Waals surface area contributed by atoms with Gasteiger partial charge in [-0.15, -0.1) is 0 Å². The maximum absolute atomic E-state index is 13.5. The lowest BCUT2D eigenvalue weighted by Gasteiger charge is -2.70. The molecule has 0 N–H and O–H groups in total. The van der Waals surface area contributed by atoms with E-state index < -0.39 is 5.97 Å². The van der Waals surface area contributed by atoms with E-state index in [1.807, 2.05) is 0 Å². The van der Waals surface area contributed by atoms with Crippen LogP contribution < -0.4 is 0 Å². The molecule has 248 valence electrons. The molecule has 5 aliphatic carbocycles. The van der Waals surface area contributed by atoms with Crippen molar-refractivity contribution in [3.8, 4) is 0 Å². The smallest absolute Gasteiger partial charge is 0.354 e. The summed E-state index contributed by atoms with van der Waals surface area (Å²) in [7, 11) is 1.57. The van der Waals surface area contributed by atoms with E-state index in [0.29, 0.717) is 16.2 Å². The second-order valence-electron chi connectivity index (χ2n) is 17.1. The van der Waals surface area contributed by atoms with Gasteiger partial charge in [-0.3, -0.25) is 14.5 Å². The lowest BCUT2D eigenvalue weighted by molar-refractivity contribution is -0.181. The van der Waals surface area contributed by atoms with E-state index in [-0.39, 0.29) is 62.6 Å². The van der Waals surface area contributed by atoms with Gasteiger partial charge in [-0.1, -0.05) is 89.3 Å². The first-order valence-electron chi connectivity index (χ1n) is 17.0. The van der Waals surface area contributed by atoms with Gasteiger partial charge in [-0.05, 0) is 104 Å². The molecule has 0 aromatic rings. The molecule has 1 aliphatic heterocycles. The Labute approximate surface area is 279 Å². The van der Waals surface area contributed by atoms with Crippen LogP contribution in [0.1, 0.15) is 113 Å². The molecule has 7 nitrogen and oxygen atoms in total. The van der Waals surface area contributed by atoms with Gasteiger partial charge in [-0.25, -0.2) is 4.79 Å². The van der Waals surface area contributed by atoms with Crippen LogP contribution in [0.3, 0.4) is 0 Å². The van der Waals surface area contributed by atoms with Gasteiger partial charge in [0.25, 0.3) is 0 Å². The number of nitrogens with zero attached hydrogens (tertiary/aromatic N) is 2. The van der Waals surface area contributed by atoms with Gasteiger partial charge >= 0.3 is 11.9 Å². The number of hydrogen-bond acceptors (Lipinski definition) is 8. The zero-order valence-corrected chi connectivity index (χ0v) is 30.2. The Balaban J connectivity index is 1.27. The number of methoxy groups -OCH3 is 1. The van der Waals surface area contributed by atoms with Gasteiger partial charge < -0.3 is 9.57 Å². The molecular weight excluding hydrogens is 605 g/mol. The van der Waals surface area contributed by atoms with E-state index in [9.17, 15) is 14.4 Å². The van der Waals surface area contributed by atoms with Crippen molar-refractivity contribution in [1.82, 2.24) is 4.90 Å². The third-order valence-electron chi connectivity index (χ3n) is 14.4. The number of esters is 1. The van der Waals surface area contributed by atoms with Crippen LogP contribution in [-0.2, 0) is 24.0 Å². The van der Waals surface area contributed by atoms with Gasteiger partial charge in [0, 0.05) is 5.41 Å². The molecule has 0 bridgehead atoms. The lowest BCUT2D eigenvalue weighted by Crippen LogP contribution is -2.64. The van der Waals surface area contributed by atoms with Crippen molar-refractivity contribution in [2.24, 2.45) is 55.4 Å². The second kappa shape index (κ2) is 10.9. The Kier molecular flexibility index (Phi) is 8.03. The van der Waals surface area contributed by atoms with Crippen molar-refractivity contribution < 1.29 is 24.0 Å². The molecule has 0 spiro atoms. The number of amides is 1. The monoisotopic (exact) mass is 656 g/mol. The highest BCUT2D eigenvalue weighted by Crippen LogP contribution is 2.75. The lowest BCUT2D eigenvalue weighted by atomic mass is 9.33.